The fourth-order valence-electron chi connectivity index (χ4n) is 2.48. The minimum absolute atomic E-state index is 0.0802. The number of nitrogens with zero attached hydrogens (tertiary/aromatic N) is 4. The number of hydrogen-bond acceptors (Lipinski definition) is 8. The van der Waals surface area contributed by atoms with Crippen LogP contribution in [0.3, 0.4) is 0 Å². The number of anilines is 3. The molecule has 0 atom stereocenters. The first-order chi connectivity index (χ1) is 12.5. The quantitative estimate of drug-likeness (QED) is 0.572. The van der Waals surface area contributed by atoms with Crippen LogP contribution in [0.2, 0.25) is 0 Å². The Morgan fingerprint density at radius 1 is 1.15 bits per heavy atom. The number of aromatic nitrogens is 2. The first-order valence-corrected chi connectivity index (χ1v) is 8.16. The minimum atomic E-state index is -0.630. The summed E-state index contributed by atoms with van der Waals surface area (Å²) in [5.41, 5.74) is 14.4. The van der Waals surface area contributed by atoms with Crippen molar-refractivity contribution < 1.29 is 9.18 Å². The van der Waals surface area contributed by atoms with Gasteiger partial charge in [-0.3, -0.25) is 15.6 Å². The average molecular weight is 360 g/mol. The van der Waals surface area contributed by atoms with Crippen LogP contribution in [0.1, 0.15) is 10.4 Å². The molecule has 1 saturated heterocycles. The topological polar surface area (TPSA) is 111 Å². The van der Waals surface area contributed by atoms with Gasteiger partial charge in [-0.05, 0) is 19.2 Å². The molecule has 0 spiro atoms. The molecule has 0 aliphatic carbocycles. The number of amides is 1. The van der Waals surface area contributed by atoms with Gasteiger partial charge in [0.1, 0.15) is 17.8 Å². The zero-order valence-electron chi connectivity index (χ0n) is 14.4. The number of nitrogens with one attached hydrogen (secondary N) is 3. The Labute approximate surface area is 150 Å². The molecule has 1 aromatic heterocycles. The predicted octanol–water partition coefficient (Wildman–Crippen LogP) is 0.529. The van der Waals surface area contributed by atoms with E-state index in [1.54, 1.807) is 6.07 Å². The molecule has 0 saturated carbocycles. The van der Waals surface area contributed by atoms with Gasteiger partial charge in [0.25, 0.3) is 5.91 Å². The normalized spacial score (nSPS) is 15.5. The van der Waals surface area contributed by atoms with Gasteiger partial charge < -0.3 is 16.1 Å². The van der Waals surface area contributed by atoms with Gasteiger partial charge in [-0.15, -0.1) is 0 Å². The number of piperazine rings is 1. The van der Waals surface area contributed by atoms with Gasteiger partial charge in [0.05, 0.1) is 5.56 Å². The van der Waals surface area contributed by atoms with Gasteiger partial charge in [0, 0.05) is 26.2 Å². The third kappa shape index (κ3) is 4.16. The molecule has 0 unspecified atom stereocenters. The molecule has 10 heteroatoms. The van der Waals surface area contributed by atoms with Crippen molar-refractivity contribution in [2.45, 2.75) is 0 Å². The zero-order valence-corrected chi connectivity index (χ0v) is 14.4. The van der Waals surface area contributed by atoms with Crippen LogP contribution in [0.25, 0.3) is 0 Å². The molecule has 1 aliphatic heterocycles. The lowest BCUT2D eigenvalue weighted by atomic mass is 10.2. The van der Waals surface area contributed by atoms with E-state index in [0.717, 1.165) is 26.2 Å². The van der Waals surface area contributed by atoms with Crippen molar-refractivity contribution >= 4 is 23.2 Å². The molecule has 138 valence electrons. The summed E-state index contributed by atoms with van der Waals surface area (Å²) >= 11 is 0. The van der Waals surface area contributed by atoms with Gasteiger partial charge in [-0.1, -0.05) is 12.1 Å². The van der Waals surface area contributed by atoms with Crippen LogP contribution in [0.4, 0.5) is 21.7 Å². The molecule has 9 nitrogen and oxygen atoms in total. The number of rotatable bonds is 5. The minimum Gasteiger partial charge on any atom is -0.393 e. The van der Waals surface area contributed by atoms with E-state index in [4.69, 9.17) is 5.73 Å². The number of nitrogens with two attached hydrogens (primary N) is 1. The Morgan fingerprint density at radius 2 is 1.85 bits per heavy atom. The number of carbonyl (C=O) groups is 1. The smallest absolute Gasteiger partial charge is 0.272 e. The van der Waals surface area contributed by atoms with Crippen LogP contribution in [0, 0.1) is 5.82 Å². The summed E-state index contributed by atoms with van der Waals surface area (Å²) in [5, 5.41) is 2.01. The van der Waals surface area contributed by atoms with Gasteiger partial charge in [0.2, 0.25) is 0 Å². The van der Waals surface area contributed by atoms with E-state index >= 15 is 0 Å². The van der Waals surface area contributed by atoms with Crippen molar-refractivity contribution in [1.82, 2.24) is 25.3 Å². The second kappa shape index (κ2) is 7.93. The number of hydrogen-bond donors (Lipinski definition) is 4. The highest BCUT2D eigenvalue weighted by Gasteiger charge is 2.17. The SMILES string of the molecule is CN1CCN(Nc2ncnc(NNC(=O)c3ccccc3F)c2N)CC1. The molecular weight excluding hydrogens is 339 g/mol. The predicted molar refractivity (Wildman–Crippen MR) is 96.6 cm³/mol. The average Bonchev–Trinajstić information content (AvgIpc) is 2.64. The highest BCUT2D eigenvalue weighted by molar-refractivity contribution is 5.95. The van der Waals surface area contributed by atoms with Gasteiger partial charge in [0.15, 0.2) is 11.6 Å². The van der Waals surface area contributed by atoms with E-state index in [1.165, 1.54) is 24.5 Å². The largest absolute Gasteiger partial charge is 0.393 e. The number of hydrazine groups is 2. The molecule has 1 fully saturated rings. The monoisotopic (exact) mass is 360 g/mol. The summed E-state index contributed by atoms with van der Waals surface area (Å²) in [6, 6.07) is 5.69. The Balaban J connectivity index is 1.64. The summed E-state index contributed by atoms with van der Waals surface area (Å²) in [5.74, 6) is -0.580. The summed E-state index contributed by atoms with van der Waals surface area (Å²) in [6.07, 6.45) is 1.33. The van der Waals surface area contributed by atoms with Crippen LogP contribution < -0.4 is 22.0 Å². The van der Waals surface area contributed by atoms with Crippen LogP contribution >= 0.6 is 0 Å². The standard InChI is InChI=1S/C16H21FN8O/c1-24-6-8-25(9-7-24)23-15-13(18)14(19-10-20-15)21-22-16(26)11-4-2-3-5-12(11)17/h2-5,10H,6-9,18H2,1H3,(H,22,26)(H2,19,20,21,23). The molecule has 5 N–H and O–H groups in total. The van der Waals surface area contributed by atoms with E-state index in [9.17, 15) is 9.18 Å². The number of benzene rings is 1. The van der Waals surface area contributed by atoms with Crippen LogP contribution in [-0.4, -0.2) is 59.0 Å². The second-order valence-corrected chi connectivity index (χ2v) is 5.95. The number of likely N-dealkylation sites (N-methyl/N-ethyl adjacent to an activating group) is 1. The fourth-order valence-corrected chi connectivity index (χ4v) is 2.48. The zero-order chi connectivity index (χ0) is 18.5. The second-order valence-electron chi connectivity index (χ2n) is 5.95. The molecule has 26 heavy (non-hydrogen) atoms. The molecular formula is C16H21FN8O. The Morgan fingerprint density at radius 3 is 2.58 bits per heavy atom. The van der Waals surface area contributed by atoms with Gasteiger partial charge in [-0.25, -0.2) is 19.4 Å². The van der Waals surface area contributed by atoms with Crippen molar-refractivity contribution in [3.63, 3.8) is 0 Å². The van der Waals surface area contributed by atoms with Crippen molar-refractivity contribution in [2.75, 3.05) is 49.8 Å². The first kappa shape index (κ1) is 17.8. The highest BCUT2D eigenvalue weighted by atomic mass is 19.1. The summed E-state index contributed by atoms with van der Waals surface area (Å²) in [4.78, 5) is 22.4. The summed E-state index contributed by atoms with van der Waals surface area (Å²) < 4.78 is 13.6. The molecule has 3 rings (SSSR count). The van der Waals surface area contributed by atoms with E-state index in [-0.39, 0.29) is 17.1 Å². The molecule has 0 radical (unpaired) electrons. The number of halogens is 1. The summed E-state index contributed by atoms with van der Waals surface area (Å²) in [7, 11) is 2.07. The lowest BCUT2D eigenvalue weighted by Crippen LogP contribution is -2.47. The Kier molecular flexibility index (Phi) is 5.44. The van der Waals surface area contributed by atoms with E-state index in [0.29, 0.717) is 5.82 Å². The fraction of sp³-hybridized carbons (Fsp3) is 0.312. The van der Waals surface area contributed by atoms with Crippen LogP contribution in [0.5, 0.6) is 0 Å². The lowest BCUT2D eigenvalue weighted by molar-refractivity contribution is 0.0958. The molecule has 0 bridgehead atoms. The van der Waals surface area contributed by atoms with Crippen LogP contribution in [0.15, 0.2) is 30.6 Å². The van der Waals surface area contributed by atoms with Gasteiger partial charge in [-0.2, -0.15) is 0 Å². The molecule has 2 heterocycles. The van der Waals surface area contributed by atoms with E-state index in [1.807, 2.05) is 5.01 Å². The van der Waals surface area contributed by atoms with Crippen molar-refractivity contribution in [2.24, 2.45) is 0 Å². The highest BCUT2D eigenvalue weighted by Crippen LogP contribution is 2.22. The van der Waals surface area contributed by atoms with Crippen molar-refractivity contribution in [3.05, 3.63) is 42.0 Å². The van der Waals surface area contributed by atoms with Gasteiger partial charge >= 0.3 is 0 Å². The van der Waals surface area contributed by atoms with Crippen molar-refractivity contribution in [3.8, 4) is 0 Å². The lowest BCUT2D eigenvalue weighted by Gasteiger charge is -2.32. The maximum Gasteiger partial charge on any atom is 0.272 e. The molecule has 2 aromatic rings. The Hall–Kier alpha value is -2.98. The summed E-state index contributed by atoms with van der Waals surface area (Å²) in [6.45, 7) is 3.52. The number of carbonyl (C=O) groups excluding carboxylic acids is 1. The van der Waals surface area contributed by atoms with E-state index < -0.39 is 11.7 Å². The third-order valence-corrected chi connectivity index (χ3v) is 4.06. The van der Waals surface area contributed by atoms with E-state index in [2.05, 4.69) is 38.2 Å². The molecule has 1 aliphatic rings. The maximum atomic E-state index is 13.6. The van der Waals surface area contributed by atoms with Crippen LogP contribution in [-0.2, 0) is 0 Å². The molecule has 1 aromatic carbocycles. The maximum absolute atomic E-state index is 13.6. The number of nitrogen functional groups attached to an aromatic ring is 1. The molecule has 1 amide bonds. The van der Waals surface area contributed by atoms with Crippen molar-refractivity contribution in [1.29, 1.82) is 0 Å². The third-order valence-electron chi connectivity index (χ3n) is 4.06. The Bertz CT molecular complexity index is 779. The first-order valence-electron chi connectivity index (χ1n) is 8.16.